The standard InChI is InChI=1S/C16H22N6O4S2/c1-8-4-10(21-12(18-8)9(2)22(19-21)26-3)27-6-16(15(24)25)5-20-13(23)11(17)14(20)28-7-16/h4,11,14,19H,5-7,17H2,1-3H3,(H,24,25)/t11?,14-,16?/m1/s1. The molecule has 0 aromatic rings. The van der Waals surface area contributed by atoms with Crippen LogP contribution in [0.2, 0.25) is 0 Å². The van der Waals surface area contributed by atoms with Crippen LogP contribution in [0.15, 0.2) is 27.6 Å². The smallest absolute Gasteiger partial charge is 0.313 e. The van der Waals surface area contributed by atoms with Crippen molar-refractivity contribution < 1.29 is 19.5 Å². The highest BCUT2D eigenvalue weighted by Gasteiger charge is 2.56. The predicted octanol–water partition coefficient (Wildman–Crippen LogP) is 0.137. The minimum atomic E-state index is -1.04. The summed E-state index contributed by atoms with van der Waals surface area (Å²) in [5.74, 6) is 0.358. The van der Waals surface area contributed by atoms with Crippen LogP contribution < -0.4 is 11.3 Å². The van der Waals surface area contributed by atoms with Crippen molar-refractivity contribution in [3.63, 3.8) is 0 Å². The number of hydroxylamine groups is 1. The van der Waals surface area contributed by atoms with Gasteiger partial charge in [-0.15, -0.1) is 29.1 Å². The lowest BCUT2D eigenvalue weighted by molar-refractivity contribution is -0.157. The molecule has 4 aliphatic rings. The molecule has 0 spiro atoms. The lowest BCUT2D eigenvalue weighted by Crippen LogP contribution is -2.72. The molecule has 3 atom stereocenters. The first-order valence-electron chi connectivity index (χ1n) is 8.70. The van der Waals surface area contributed by atoms with Crippen LogP contribution in [0.4, 0.5) is 0 Å². The molecule has 2 fully saturated rings. The van der Waals surface area contributed by atoms with Crippen LogP contribution in [-0.2, 0) is 14.4 Å². The van der Waals surface area contributed by atoms with E-state index in [1.54, 1.807) is 17.0 Å². The fourth-order valence-corrected chi connectivity index (χ4v) is 6.37. The van der Waals surface area contributed by atoms with E-state index in [1.807, 2.05) is 19.9 Å². The van der Waals surface area contributed by atoms with Crippen LogP contribution >= 0.6 is 23.5 Å². The number of β-lactam (4-membered cyclic amide) rings is 1. The average Bonchev–Trinajstić information content (AvgIpc) is 3.01. The Morgan fingerprint density at radius 3 is 3.00 bits per heavy atom. The molecular weight excluding hydrogens is 404 g/mol. The van der Waals surface area contributed by atoms with E-state index in [1.165, 1.54) is 28.7 Å². The molecular formula is C16H22N6O4S2. The number of rotatable bonds is 5. The van der Waals surface area contributed by atoms with Crippen LogP contribution in [-0.4, -0.2) is 74.4 Å². The molecule has 0 bridgehead atoms. The zero-order valence-corrected chi connectivity index (χ0v) is 17.3. The quantitative estimate of drug-likeness (QED) is 0.523. The summed E-state index contributed by atoms with van der Waals surface area (Å²) in [5.41, 5.74) is 9.48. The molecule has 10 nitrogen and oxygen atoms in total. The number of nitrogens with zero attached hydrogens (tertiary/aromatic N) is 4. The number of nitrogens with one attached hydrogen (secondary N) is 1. The van der Waals surface area contributed by atoms with Gasteiger partial charge >= 0.3 is 5.97 Å². The van der Waals surface area contributed by atoms with Gasteiger partial charge in [-0.3, -0.25) is 14.4 Å². The van der Waals surface area contributed by atoms with Crippen LogP contribution in [0.5, 0.6) is 0 Å². The van der Waals surface area contributed by atoms with Crippen molar-refractivity contribution in [2.24, 2.45) is 16.1 Å². The van der Waals surface area contributed by atoms with Gasteiger partial charge in [0.1, 0.15) is 22.5 Å². The summed E-state index contributed by atoms with van der Waals surface area (Å²) in [6.07, 6.45) is 1.90. The Morgan fingerprint density at radius 2 is 2.32 bits per heavy atom. The van der Waals surface area contributed by atoms with E-state index < -0.39 is 17.4 Å². The van der Waals surface area contributed by atoms with E-state index in [4.69, 9.17) is 10.6 Å². The number of carboxylic acids is 1. The Balaban J connectivity index is 1.52. The topological polar surface area (TPSA) is 124 Å². The first kappa shape index (κ1) is 19.6. The Morgan fingerprint density at radius 1 is 1.57 bits per heavy atom. The number of allylic oxidation sites excluding steroid dienone is 2. The SMILES string of the molecule is CON1NN2C(SCC3(C(=O)O)CS[C@@H]4C(N)C(=O)N4C3)=CC(C)=NC2=C1C. The highest BCUT2D eigenvalue weighted by Crippen LogP contribution is 2.45. The number of carbonyl (C=O) groups excluding carboxylic acids is 1. The minimum absolute atomic E-state index is 0.110. The summed E-state index contributed by atoms with van der Waals surface area (Å²) < 4.78 is 0. The van der Waals surface area contributed by atoms with Gasteiger partial charge in [-0.05, 0) is 19.9 Å². The third kappa shape index (κ3) is 2.90. The Labute approximate surface area is 170 Å². The van der Waals surface area contributed by atoms with Gasteiger partial charge in [-0.2, -0.15) is 5.17 Å². The highest BCUT2D eigenvalue weighted by molar-refractivity contribution is 8.03. The molecule has 4 N–H and O–H groups in total. The maximum absolute atomic E-state index is 12.2. The van der Waals surface area contributed by atoms with E-state index in [-0.39, 0.29) is 17.8 Å². The molecule has 2 unspecified atom stereocenters. The molecule has 4 rings (SSSR count). The van der Waals surface area contributed by atoms with Crippen LogP contribution in [0.3, 0.4) is 0 Å². The van der Waals surface area contributed by atoms with E-state index in [0.29, 0.717) is 17.3 Å². The van der Waals surface area contributed by atoms with E-state index >= 15 is 0 Å². The second-order valence-corrected chi connectivity index (χ2v) is 9.23. The molecule has 0 aliphatic carbocycles. The van der Waals surface area contributed by atoms with Crippen molar-refractivity contribution in [2.45, 2.75) is 25.3 Å². The van der Waals surface area contributed by atoms with Gasteiger partial charge in [0.25, 0.3) is 0 Å². The maximum Gasteiger partial charge on any atom is 0.313 e. The van der Waals surface area contributed by atoms with Gasteiger partial charge in [0, 0.05) is 23.8 Å². The second kappa shape index (κ2) is 6.95. The molecule has 0 radical (unpaired) electrons. The number of hydrogen-bond acceptors (Lipinski definition) is 10. The molecule has 0 aromatic heterocycles. The average molecular weight is 427 g/mol. The largest absolute Gasteiger partial charge is 0.481 e. The van der Waals surface area contributed by atoms with Crippen LogP contribution in [0.1, 0.15) is 13.8 Å². The fourth-order valence-electron chi connectivity index (χ4n) is 3.50. The first-order valence-corrected chi connectivity index (χ1v) is 10.7. The molecule has 2 saturated heterocycles. The number of carbonyl (C=O) groups is 2. The Kier molecular flexibility index (Phi) is 4.86. The molecule has 12 heteroatoms. The summed E-state index contributed by atoms with van der Waals surface area (Å²) >= 11 is 2.87. The zero-order chi connectivity index (χ0) is 20.2. The van der Waals surface area contributed by atoms with Gasteiger partial charge in [0.05, 0.1) is 12.1 Å². The molecule has 0 saturated carbocycles. The predicted molar refractivity (Wildman–Crippen MR) is 106 cm³/mol. The van der Waals surface area contributed by atoms with Crippen LogP contribution in [0, 0.1) is 5.41 Å². The second-order valence-electron chi connectivity index (χ2n) is 7.12. The molecule has 28 heavy (non-hydrogen) atoms. The monoisotopic (exact) mass is 426 g/mol. The van der Waals surface area contributed by atoms with Crippen molar-refractivity contribution >= 4 is 41.1 Å². The molecule has 4 aliphatic heterocycles. The van der Waals surface area contributed by atoms with Crippen molar-refractivity contribution in [1.82, 2.24) is 20.6 Å². The molecule has 152 valence electrons. The Hall–Kier alpha value is -1.73. The molecule has 4 heterocycles. The maximum atomic E-state index is 12.2. The summed E-state index contributed by atoms with van der Waals surface area (Å²) in [7, 11) is 1.55. The zero-order valence-electron chi connectivity index (χ0n) is 15.7. The van der Waals surface area contributed by atoms with Gasteiger partial charge in [0.15, 0.2) is 5.82 Å². The fraction of sp³-hybridized carbons (Fsp3) is 0.562. The number of fused-ring (bicyclic) bond motifs is 2. The van der Waals surface area contributed by atoms with E-state index in [2.05, 4.69) is 10.5 Å². The number of amides is 1. The van der Waals surface area contributed by atoms with Crippen molar-refractivity contribution in [3.05, 3.63) is 22.6 Å². The number of aliphatic imine (C=N–C) groups is 1. The number of aliphatic carboxylic acids is 1. The Bertz CT molecular complexity index is 830. The van der Waals surface area contributed by atoms with Crippen LogP contribution in [0.25, 0.3) is 0 Å². The lowest BCUT2D eigenvalue weighted by Gasteiger charge is -2.52. The third-order valence-electron chi connectivity index (χ3n) is 5.18. The normalized spacial score (nSPS) is 32.0. The summed E-state index contributed by atoms with van der Waals surface area (Å²) in [6.45, 7) is 3.95. The van der Waals surface area contributed by atoms with Gasteiger partial charge in [0.2, 0.25) is 5.91 Å². The van der Waals surface area contributed by atoms with Crippen molar-refractivity contribution in [2.75, 3.05) is 25.2 Å². The highest BCUT2D eigenvalue weighted by atomic mass is 32.2. The lowest BCUT2D eigenvalue weighted by atomic mass is 9.89. The summed E-state index contributed by atoms with van der Waals surface area (Å²) in [6, 6.07) is -0.520. The van der Waals surface area contributed by atoms with Crippen molar-refractivity contribution in [3.8, 4) is 0 Å². The summed E-state index contributed by atoms with van der Waals surface area (Å²) in [4.78, 5) is 35.6. The molecule has 1 amide bonds. The minimum Gasteiger partial charge on any atom is -0.481 e. The van der Waals surface area contributed by atoms with Gasteiger partial charge in [-0.1, -0.05) is 0 Å². The first-order chi connectivity index (χ1) is 13.3. The number of carboxylic acid groups (broad SMARTS) is 1. The van der Waals surface area contributed by atoms with Gasteiger partial charge in [-0.25, -0.2) is 10.0 Å². The van der Waals surface area contributed by atoms with E-state index in [0.717, 1.165) is 16.4 Å². The number of hydrogen-bond donors (Lipinski definition) is 3. The third-order valence-corrected chi connectivity index (χ3v) is 8.09. The number of thioether (sulfide) groups is 2. The van der Waals surface area contributed by atoms with E-state index in [9.17, 15) is 14.7 Å². The number of hydrazine groups is 2. The number of nitrogens with two attached hydrogens (primary N) is 1. The molecule has 0 aromatic carbocycles. The van der Waals surface area contributed by atoms with Gasteiger partial charge < -0.3 is 15.7 Å². The van der Waals surface area contributed by atoms with Crippen molar-refractivity contribution in [1.29, 1.82) is 0 Å². The summed E-state index contributed by atoms with van der Waals surface area (Å²) in [5, 5.41) is 13.9.